The maximum Gasteiger partial charge on any atom is 0.207 e. The lowest BCUT2D eigenvalue weighted by atomic mass is 10.0. The van der Waals surface area contributed by atoms with Gasteiger partial charge in [-0.05, 0) is 54.9 Å². The Morgan fingerprint density at radius 1 is 1.12 bits per heavy atom. The SMILES string of the molecule is Nc1ccc(-c2ccc(S(=O)(=O)C3CCNCC3)c(S3(N)OCO3)c2-c2nn[nH]n2)cn1. The third-order valence-corrected chi connectivity index (χ3v) is 9.87. The van der Waals surface area contributed by atoms with Crippen LogP contribution < -0.4 is 16.2 Å². The predicted octanol–water partition coefficient (Wildman–Crippen LogP) is 0.908. The fourth-order valence-corrected chi connectivity index (χ4v) is 7.82. The number of nitrogens with one attached hydrogen (secondary N) is 2. The molecular formula is C18H22N8O4S2. The molecule has 12 nitrogen and oxygen atoms in total. The molecule has 0 unspecified atom stereocenters. The van der Waals surface area contributed by atoms with Gasteiger partial charge in [0.2, 0.25) is 5.82 Å². The summed E-state index contributed by atoms with van der Waals surface area (Å²) in [6, 6.07) is 6.66. The van der Waals surface area contributed by atoms with Crippen LogP contribution in [0.5, 0.6) is 0 Å². The number of hydrogen-bond donors (Lipinski definition) is 4. The average Bonchev–Trinajstić information content (AvgIpc) is 3.32. The van der Waals surface area contributed by atoms with E-state index < -0.39 is 25.9 Å². The molecule has 0 aliphatic carbocycles. The van der Waals surface area contributed by atoms with Crippen LogP contribution in [0.25, 0.3) is 22.5 Å². The molecule has 0 saturated carbocycles. The van der Waals surface area contributed by atoms with Crippen molar-refractivity contribution in [3.63, 3.8) is 0 Å². The molecule has 2 aliphatic rings. The highest BCUT2D eigenvalue weighted by atomic mass is 32.3. The number of rotatable bonds is 5. The van der Waals surface area contributed by atoms with Crippen LogP contribution in [0.1, 0.15) is 12.8 Å². The van der Waals surface area contributed by atoms with Gasteiger partial charge in [0, 0.05) is 11.8 Å². The van der Waals surface area contributed by atoms with Gasteiger partial charge in [-0.25, -0.2) is 26.9 Å². The molecule has 0 bridgehead atoms. The van der Waals surface area contributed by atoms with Gasteiger partial charge in [0.1, 0.15) is 10.7 Å². The van der Waals surface area contributed by atoms with Gasteiger partial charge in [-0.15, -0.1) is 21.0 Å². The molecule has 5 rings (SSSR count). The summed E-state index contributed by atoms with van der Waals surface area (Å²) < 4.78 is 38.7. The van der Waals surface area contributed by atoms with E-state index in [0.29, 0.717) is 48.4 Å². The lowest BCUT2D eigenvalue weighted by molar-refractivity contribution is 0.0458. The third-order valence-electron chi connectivity index (χ3n) is 5.55. The Labute approximate surface area is 185 Å². The Morgan fingerprint density at radius 3 is 2.50 bits per heavy atom. The van der Waals surface area contributed by atoms with Crippen molar-refractivity contribution >= 4 is 26.4 Å². The predicted molar refractivity (Wildman–Crippen MR) is 117 cm³/mol. The van der Waals surface area contributed by atoms with Crippen molar-refractivity contribution in [1.82, 2.24) is 30.9 Å². The van der Waals surface area contributed by atoms with Gasteiger partial charge >= 0.3 is 0 Å². The van der Waals surface area contributed by atoms with Crippen LogP contribution in [-0.2, 0) is 18.2 Å². The summed E-state index contributed by atoms with van der Waals surface area (Å²) in [5.74, 6) is 0.525. The zero-order valence-corrected chi connectivity index (χ0v) is 18.5. The van der Waals surface area contributed by atoms with Gasteiger partial charge in [0.05, 0.1) is 15.7 Å². The molecule has 0 spiro atoms. The van der Waals surface area contributed by atoms with E-state index in [-0.39, 0.29) is 22.4 Å². The molecule has 0 atom stereocenters. The number of sulfone groups is 1. The molecule has 1 aromatic carbocycles. The van der Waals surface area contributed by atoms with Crippen molar-refractivity contribution in [1.29, 1.82) is 0 Å². The summed E-state index contributed by atoms with van der Waals surface area (Å²) in [7, 11) is -6.58. The molecule has 4 heterocycles. The number of hydrogen-bond acceptors (Lipinski definition) is 11. The highest BCUT2D eigenvalue weighted by Crippen LogP contribution is 2.63. The Hall–Kier alpha value is -2.62. The van der Waals surface area contributed by atoms with Crippen molar-refractivity contribution in [2.24, 2.45) is 5.14 Å². The molecular weight excluding hydrogens is 456 g/mol. The van der Waals surface area contributed by atoms with Crippen molar-refractivity contribution in [3.8, 4) is 22.5 Å². The molecule has 3 aromatic rings. The second-order valence-electron chi connectivity index (χ2n) is 7.42. The average molecular weight is 479 g/mol. The highest BCUT2D eigenvalue weighted by Gasteiger charge is 2.41. The van der Waals surface area contributed by atoms with E-state index in [1.807, 2.05) is 0 Å². The van der Waals surface area contributed by atoms with Crippen molar-refractivity contribution in [2.75, 3.05) is 25.6 Å². The lowest BCUT2D eigenvalue weighted by Gasteiger charge is -2.47. The quantitative estimate of drug-likeness (QED) is 0.408. The summed E-state index contributed by atoms with van der Waals surface area (Å²) in [5.41, 5.74) is 7.39. The Bertz CT molecular complexity index is 1220. The fourth-order valence-electron chi connectivity index (χ4n) is 3.92. The van der Waals surface area contributed by atoms with Crippen LogP contribution >= 0.6 is 10.8 Å². The molecule has 2 aromatic heterocycles. The number of aromatic amines is 1. The van der Waals surface area contributed by atoms with E-state index in [0.717, 1.165) is 0 Å². The Morgan fingerprint density at radius 2 is 1.91 bits per heavy atom. The van der Waals surface area contributed by atoms with Crippen LogP contribution in [0.4, 0.5) is 5.82 Å². The summed E-state index contributed by atoms with van der Waals surface area (Å²) in [6.07, 6.45) is 2.58. The third kappa shape index (κ3) is 3.54. The first-order valence-corrected chi connectivity index (χ1v) is 13.0. The fraction of sp³-hybridized carbons (Fsp3) is 0.333. The normalized spacial score (nSPS) is 19.9. The van der Waals surface area contributed by atoms with E-state index >= 15 is 0 Å². The zero-order chi connectivity index (χ0) is 22.3. The minimum atomic E-state index is -3.75. The Kier molecular flexibility index (Phi) is 5.35. The van der Waals surface area contributed by atoms with E-state index in [9.17, 15) is 8.42 Å². The first-order chi connectivity index (χ1) is 15.4. The first kappa shape index (κ1) is 21.2. The number of H-pyrrole nitrogens is 1. The van der Waals surface area contributed by atoms with E-state index in [2.05, 4.69) is 30.9 Å². The van der Waals surface area contributed by atoms with Gasteiger partial charge < -0.3 is 11.1 Å². The zero-order valence-electron chi connectivity index (χ0n) is 16.9. The molecule has 32 heavy (non-hydrogen) atoms. The molecule has 6 N–H and O–H groups in total. The number of nitrogens with zero attached hydrogens (tertiary/aromatic N) is 4. The molecule has 0 amide bonds. The number of aromatic nitrogens is 5. The largest absolute Gasteiger partial charge is 0.384 e. The molecule has 2 fully saturated rings. The maximum atomic E-state index is 13.7. The second kappa shape index (κ2) is 8.06. The van der Waals surface area contributed by atoms with Crippen LogP contribution in [0.15, 0.2) is 40.3 Å². The number of nitrogen functional groups attached to an aromatic ring is 1. The van der Waals surface area contributed by atoms with E-state index in [1.165, 1.54) is 0 Å². The smallest absolute Gasteiger partial charge is 0.207 e. The second-order valence-corrected chi connectivity index (χ2v) is 11.6. The minimum absolute atomic E-state index is 0.0298. The minimum Gasteiger partial charge on any atom is -0.384 e. The summed E-state index contributed by atoms with van der Waals surface area (Å²) in [5, 5.41) is 23.4. The van der Waals surface area contributed by atoms with Crippen LogP contribution in [0, 0.1) is 0 Å². The van der Waals surface area contributed by atoms with Gasteiger partial charge in [0.15, 0.2) is 16.6 Å². The van der Waals surface area contributed by atoms with Gasteiger partial charge in [-0.1, -0.05) is 6.07 Å². The van der Waals surface area contributed by atoms with E-state index in [4.69, 9.17) is 19.2 Å². The summed E-state index contributed by atoms with van der Waals surface area (Å²) >= 11 is 0. The number of piperidine rings is 1. The van der Waals surface area contributed by atoms with E-state index in [1.54, 1.807) is 30.5 Å². The number of nitrogens with two attached hydrogens (primary N) is 2. The highest BCUT2D eigenvalue weighted by molar-refractivity contribution is 8.25. The van der Waals surface area contributed by atoms with Crippen LogP contribution in [0.2, 0.25) is 0 Å². The van der Waals surface area contributed by atoms with Crippen molar-refractivity contribution in [3.05, 3.63) is 30.5 Å². The van der Waals surface area contributed by atoms with Crippen LogP contribution in [0.3, 0.4) is 0 Å². The van der Waals surface area contributed by atoms with Crippen LogP contribution in [-0.4, -0.2) is 59.2 Å². The molecule has 0 radical (unpaired) electrons. The van der Waals surface area contributed by atoms with Crippen molar-refractivity contribution < 1.29 is 16.8 Å². The number of pyridine rings is 1. The molecule has 170 valence electrons. The monoisotopic (exact) mass is 478 g/mol. The van der Waals surface area contributed by atoms with Crippen molar-refractivity contribution in [2.45, 2.75) is 27.9 Å². The summed E-state index contributed by atoms with van der Waals surface area (Å²) in [4.78, 5) is 4.43. The Balaban J connectivity index is 1.79. The standard InChI is InChI=1S/C18H22N8O4S2/c19-15-4-1-11(9-22-15)13-2-3-14(31(27,28)12-5-7-21-8-6-12)17(32(20)29-10-30-32)16(13)18-23-25-26-24-18/h1-4,9,12,21H,5-8,10,20H2,(H2,19,22)(H,23,24,25,26). The molecule has 14 heteroatoms. The number of tetrazole rings is 1. The molecule has 2 aliphatic heterocycles. The molecule has 2 saturated heterocycles. The van der Waals surface area contributed by atoms with Gasteiger partial charge in [0.25, 0.3) is 0 Å². The maximum absolute atomic E-state index is 13.7. The first-order valence-electron chi connectivity index (χ1n) is 9.87. The summed E-state index contributed by atoms with van der Waals surface area (Å²) in [6.45, 7) is 1.22. The van der Waals surface area contributed by atoms with Gasteiger partial charge in [-0.2, -0.15) is 5.21 Å². The number of benzene rings is 1. The lowest BCUT2D eigenvalue weighted by Crippen LogP contribution is -2.37. The topological polar surface area (TPSA) is 184 Å². The van der Waals surface area contributed by atoms with Gasteiger partial charge in [-0.3, -0.25) is 0 Å². The number of anilines is 1.